The van der Waals surface area contributed by atoms with Crippen molar-refractivity contribution < 1.29 is 18.8 Å². The maximum absolute atomic E-state index is 12.7. The summed E-state index contributed by atoms with van der Waals surface area (Å²) in [6.45, 7) is 12.2. The highest BCUT2D eigenvalue weighted by Crippen LogP contribution is 2.36. The second-order valence-corrected chi connectivity index (χ2v) is 9.12. The van der Waals surface area contributed by atoms with Crippen LogP contribution in [0.25, 0.3) is 22.2 Å². The molecule has 4 rings (SSSR count). The first-order chi connectivity index (χ1) is 16.2. The van der Waals surface area contributed by atoms with E-state index in [4.69, 9.17) is 19.0 Å². The zero-order chi connectivity index (χ0) is 24.5. The first kappa shape index (κ1) is 23.4. The third-order valence-electron chi connectivity index (χ3n) is 5.23. The molecule has 4 aromatic rings. The normalized spacial score (nSPS) is 11.6. The second kappa shape index (κ2) is 9.21. The summed E-state index contributed by atoms with van der Waals surface area (Å²) >= 11 is 0. The van der Waals surface area contributed by atoms with Gasteiger partial charge in [-0.25, -0.2) is 4.79 Å². The van der Waals surface area contributed by atoms with Gasteiger partial charge in [-0.15, -0.1) is 0 Å². The van der Waals surface area contributed by atoms with E-state index in [9.17, 15) is 4.79 Å². The Morgan fingerprint density at radius 2 is 1.88 bits per heavy atom. The average Bonchev–Trinajstić information content (AvgIpc) is 3.27. The molecule has 2 aromatic heterocycles. The van der Waals surface area contributed by atoms with Crippen LogP contribution in [0, 0.1) is 13.8 Å². The standard InChI is InChI=1S/C26H30N4O4/c1-7-32-24-28-23-20(27-25(31)33-26(4,5)6)13-19(22-16(2)29-34-17(22)3)14-21(23)30(24)15-18-11-9-8-10-12-18/h8-14H,7,15H2,1-6H3,(H,27,31). The Labute approximate surface area is 198 Å². The van der Waals surface area contributed by atoms with Gasteiger partial charge in [-0.2, -0.15) is 4.98 Å². The number of aryl methyl sites for hydroxylation is 2. The molecule has 1 amide bonds. The van der Waals surface area contributed by atoms with E-state index >= 15 is 0 Å². The Morgan fingerprint density at radius 1 is 1.15 bits per heavy atom. The van der Waals surface area contributed by atoms with E-state index in [0.29, 0.717) is 36.1 Å². The highest BCUT2D eigenvalue weighted by molar-refractivity contribution is 6.00. The van der Waals surface area contributed by atoms with E-state index in [2.05, 4.69) is 22.6 Å². The van der Waals surface area contributed by atoms with Crippen molar-refractivity contribution in [1.82, 2.24) is 14.7 Å². The van der Waals surface area contributed by atoms with Crippen LogP contribution in [0.15, 0.2) is 47.0 Å². The fraction of sp³-hybridized carbons (Fsp3) is 0.346. The van der Waals surface area contributed by atoms with Gasteiger partial charge >= 0.3 is 6.09 Å². The smallest absolute Gasteiger partial charge is 0.412 e. The summed E-state index contributed by atoms with van der Waals surface area (Å²) < 4.78 is 18.8. The molecule has 0 saturated carbocycles. The quantitative estimate of drug-likeness (QED) is 0.372. The van der Waals surface area contributed by atoms with Crippen LogP contribution in [0.1, 0.15) is 44.7 Å². The third kappa shape index (κ3) is 4.90. The number of carbonyl (C=O) groups is 1. The number of imidazole rings is 1. The Hall–Kier alpha value is -3.81. The van der Waals surface area contributed by atoms with Crippen molar-refractivity contribution in [3.63, 3.8) is 0 Å². The Morgan fingerprint density at radius 3 is 2.50 bits per heavy atom. The number of benzene rings is 2. The summed E-state index contributed by atoms with van der Waals surface area (Å²) in [6.07, 6.45) is -0.555. The third-order valence-corrected chi connectivity index (χ3v) is 5.23. The maximum Gasteiger partial charge on any atom is 0.412 e. The average molecular weight is 463 g/mol. The molecule has 0 aliphatic carbocycles. The Bertz CT molecular complexity index is 1300. The van der Waals surface area contributed by atoms with Crippen molar-refractivity contribution in [3.8, 4) is 17.1 Å². The minimum atomic E-state index is -0.633. The molecule has 178 valence electrons. The molecule has 0 saturated heterocycles. The van der Waals surface area contributed by atoms with Crippen LogP contribution in [0.3, 0.4) is 0 Å². The largest absolute Gasteiger partial charge is 0.465 e. The number of nitrogens with one attached hydrogen (secondary N) is 1. The van der Waals surface area contributed by atoms with Crippen molar-refractivity contribution in [2.24, 2.45) is 0 Å². The van der Waals surface area contributed by atoms with Crippen molar-refractivity contribution in [3.05, 3.63) is 59.5 Å². The summed E-state index contributed by atoms with van der Waals surface area (Å²) in [5.74, 6) is 0.694. The zero-order valence-electron chi connectivity index (χ0n) is 20.4. The molecular formula is C26H30N4O4. The first-order valence-electron chi connectivity index (χ1n) is 11.3. The molecule has 0 spiro atoms. The molecular weight excluding hydrogens is 432 g/mol. The first-order valence-corrected chi connectivity index (χ1v) is 11.3. The van der Waals surface area contributed by atoms with Crippen molar-refractivity contribution >= 4 is 22.8 Å². The van der Waals surface area contributed by atoms with E-state index < -0.39 is 11.7 Å². The summed E-state index contributed by atoms with van der Waals surface area (Å²) in [6, 6.07) is 14.5. The Balaban J connectivity index is 1.91. The predicted octanol–water partition coefficient (Wildman–Crippen LogP) is 6.10. The highest BCUT2D eigenvalue weighted by atomic mass is 16.6. The number of aromatic nitrogens is 3. The van der Waals surface area contributed by atoms with Gasteiger partial charge in [0.1, 0.15) is 16.9 Å². The van der Waals surface area contributed by atoms with E-state index in [1.165, 1.54) is 0 Å². The lowest BCUT2D eigenvalue weighted by molar-refractivity contribution is 0.0636. The molecule has 2 heterocycles. The van der Waals surface area contributed by atoms with Gasteiger partial charge in [0.05, 0.1) is 30.0 Å². The molecule has 0 atom stereocenters. The van der Waals surface area contributed by atoms with Crippen molar-refractivity contribution in [2.45, 2.75) is 53.7 Å². The van der Waals surface area contributed by atoms with Crippen LogP contribution < -0.4 is 10.1 Å². The molecule has 0 bridgehead atoms. The number of carbonyl (C=O) groups excluding carboxylic acids is 1. The van der Waals surface area contributed by atoms with E-state index in [0.717, 1.165) is 27.9 Å². The number of fused-ring (bicyclic) bond motifs is 1. The lowest BCUT2D eigenvalue weighted by Gasteiger charge is -2.20. The van der Waals surface area contributed by atoms with Crippen molar-refractivity contribution in [2.75, 3.05) is 11.9 Å². The molecule has 0 fully saturated rings. The lowest BCUT2D eigenvalue weighted by atomic mass is 10.0. The van der Waals surface area contributed by atoms with E-state index in [1.807, 2.05) is 76.4 Å². The zero-order valence-corrected chi connectivity index (χ0v) is 20.4. The van der Waals surface area contributed by atoms with Crippen LogP contribution in [-0.4, -0.2) is 33.0 Å². The van der Waals surface area contributed by atoms with Gasteiger partial charge in [-0.3, -0.25) is 9.88 Å². The highest BCUT2D eigenvalue weighted by Gasteiger charge is 2.23. The molecule has 1 N–H and O–H groups in total. The molecule has 2 aromatic carbocycles. The molecule has 34 heavy (non-hydrogen) atoms. The number of anilines is 1. The topological polar surface area (TPSA) is 91.4 Å². The van der Waals surface area contributed by atoms with Crippen LogP contribution >= 0.6 is 0 Å². The number of nitrogens with zero attached hydrogens (tertiary/aromatic N) is 3. The van der Waals surface area contributed by atoms with Gasteiger partial charge in [0.15, 0.2) is 0 Å². The minimum absolute atomic E-state index is 0.462. The molecule has 0 aliphatic rings. The van der Waals surface area contributed by atoms with Crippen LogP contribution in [0.4, 0.5) is 10.5 Å². The molecule has 0 aliphatic heterocycles. The summed E-state index contributed by atoms with van der Waals surface area (Å²) in [7, 11) is 0. The predicted molar refractivity (Wildman–Crippen MR) is 131 cm³/mol. The molecule has 8 heteroatoms. The van der Waals surface area contributed by atoms with Crippen LogP contribution in [-0.2, 0) is 11.3 Å². The van der Waals surface area contributed by atoms with Crippen LogP contribution in [0.2, 0.25) is 0 Å². The maximum atomic E-state index is 12.7. The molecule has 0 unspecified atom stereocenters. The monoisotopic (exact) mass is 462 g/mol. The summed E-state index contributed by atoms with van der Waals surface area (Å²) in [5.41, 5.74) is 4.91. The number of amides is 1. The molecule has 8 nitrogen and oxygen atoms in total. The second-order valence-electron chi connectivity index (χ2n) is 9.12. The number of ether oxygens (including phenoxy) is 2. The van der Waals surface area contributed by atoms with E-state index in [1.54, 1.807) is 0 Å². The van der Waals surface area contributed by atoms with Gasteiger partial charge in [0, 0.05) is 5.56 Å². The fourth-order valence-corrected chi connectivity index (χ4v) is 3.91. The number of rotatable bonds is 6. The minimum Gasteiger partial charge on any atom is -0.465 e. The van der Waals surface area contributed by atoms with E-state index in [-0.39, 0.29) is 0 Å². The van der Waals surface area contributed by atoms with Crippen molar-refractivity contribution in [1.29, 1.82) is 0 Å². The summed E-state index contributed by atoms with van der Waals surface area (Å²) in [5, 5.41) is 6.99. The van der Waals surface area contributed by atoms with Gasteiger partial charge in [0.25, 0.3) is 6.01 Å². The van der Waals surface area contributed by atoms with Gasteiger partial charge in [-0.05, 0) is 64.8 Å². The Kier molecular flexibility index (Phi) is 6.32. The lowest BCUT2D eigenvalue weighted by Crippen LogP contribution is -2.27. The number of hydrogen-bond acceptors (Lipinski definition) is 6. The van der Waals surface area contributed by atoms with Gasteiger partial charge < -0.3 is 14.0 Å². The fourth-order valence-electron chi connectivity index (χ4n) is 3.91. The number of hydrogen-bond donors (Lipinski definition) is 1. The van der Waals surface area contributed by atoms with Crippen LogP contribution in [0.5, 0.6) is 6.01 Å². The van der Waals surface area contributed by atoms with Gasteiger partial charge in [0.2, 0.25) is 0 Å². The SMILES string of the molecule is CCOc1nc2c(NC(=O)OC(C)(C)C)cc(-c3c(C)noc3C)cc2n1Cc1ccccc1. The van der Waals surface area contributed by atoms with Gasteiger partial charge in [-0.1, -0.05) is 35.5 Å². The summed E-state index contributed by atoms with van der Waals surface area (Å²) in [4.78, 5) is 17.4. The molecule has 0 radical (unpaired) electrons.